The van der Waals surface area contributed by atoms with Crippen LogP contribution in [0.1, 0.15) is 29.9 Å². The van der Waals surface area contributed by atoms with E-state index in [-0.39, 0.29) is 12.5 Å². The number of carbonyl (C=O) groups is 1. The van der Waals surface area contributed by atoms with Crippen molar-refractivity contribution in [3.05, 3.63) is 53.5 Å². The molecule has 0 saturated heterocycles. The van der Waals surface area contributed by atoms with Gasteiger partial charge in [0.1, 0.15) is 19.4 Å². The Morgan fingerprint density at radius 2 is 2.11 bits per heavy atom. The standard InChI is InChI=1S/C21H24BN5O/c1-27(13-19(28)24-17-9-3-2-8-15(17)22)21-14-7-6-11-16(14)25-20(26-21)18-10-4-5-12-23-18/h2-4,8-10H,5-7,11-13,22H2,1H3,(H,24,28). The molecule has 0 fully saturated rings. The van der Waals surface area contributed by atoms with E-state index in [1.807, 2.05) is 50.1 Å². The summed E-state index contributed by atoms with van der Waals surface area (Å²) in [6.45, 7) is 1.01. The number of dihydropyridines is 1. The lowest BCUT2D eigenvalue weighted by atomic mass is 9.94. The van der Waals surface area contributed by atoms with Crippen molar-refractivity contribution >= 4 is 36.4 Å². The van der Waals surface area contributed by atoms with E-state index in [9.17, 15) is 4.79 Å². The summed E-state index contributed by atoms with van der Waals surface area (Å²) in [6.07, 6.45) is 8.05. The van der Waals surface area contributed by atoms with Crippen molar-refractivity contribution < 1.29 is 4.79 Å². The average Bonchev–Trinajstić information content (AvgIpc) is 3.18. The van der Waals surface area contributed by atoms with E-state index in [0.29, 0.717) is 5.82 Å². The van der Waals surface area contributed by atoms with Crippen molar-refractivity contribution in [1.29, 1.82) is 0 Å². The first kappa shape index (κ1) is 18.4. The normalized spacial score (nSPS) is 15.1. The number of allylic oxidation sites excluding steroid dienone is 1. The van der Waals surface area contributed by atoms with Crippen LogP contribution in [0.5, 0.6) is 0 Å². The van der Waals surface area contributed by atoms with Crippen molar-refractivity contribution in [2.24, 2.45) is 4.99 Å². The van der Waals surface area contributed by atoms with Gasteiger partial charge in [0.25, 0.3) is 0 Å². The molecule has 1 aromatic carbocycles. The van der Waals surface area contributed by atoms with Crippen LogP contribution >= 0.6 is 0 Å². The van der Waals surface area contributed by atoms with Gasteiger partial charge in [-0.2, -0.15) is 0 Å². The fourth-order valence-electron chi connectivity index (χ4n) is 3.69. The molecule has 2 aromatic rings. The second kappa shape index (κ2) is 7.96. The van der Waals surface area contributed by atoms with E-state index < -0.39 is 0 Å². The molecule has 7 heteroatoms. The van der Waals surface area contributed by atoms with Crippen molar-refractivity contribution in [3.8, 4) is 0 Å². The molecule has 1 aliphatic carbocycles. The lowest BCUT2D eigenvalue weighted by Crippen LogP contribution is -2.33. The first-order valence-electron chi connectivity index (χ1n) is 9.79. The van der Waals surface area contributed by atoms with E-state index in [0.717, 1.165) is 66.2 Å². The van der Waals surface area contributed by atoms with Crippen molar-refractivity contribution in [3.63, 3.8) is 0 Å². The van der Waals surface area contributed by atoms with Gasteiger partial charge in [0.05, 0.1) is 6.54 Å². The Morgan fingerprint density at radius 1 is 1.25 bits per heavy atom. The minimum Gasteiger partial charge on any atom is -0.350 e. The molecule has 1 aliphatic heterocycles. The summed E-state index contributed by atoms with van der Waals surface area (Å²) in [4.78, 5) is 28.6. The molecule has 0 spiro atoms. The molecule has 0 saturated carbocycles. The number of nitrogens with zero attached hydrogens (tertiary/aromatic N) is 4. The van der Waals surface area contributed by atoms with E-state index >= 15 is 0 Å². The molecule has 1 amide bonds. The molecule has 2 aliphatic rings. The average molecular weight is 373 g/mol. The number of aromatic nitrogens is 2. The maximum absolute atomic E-state index is 12.6. The number of nitrogens with one attached hydrogen (secondary N) is 1. The Morgan fingerprint density at radius 3 is 2.89 bits per heavy atom. The number of rotatable bonds is 5. The van der Waals surface area contributed by atoms with E-state index in [2.05, 4.69) is 16.4 Å². The van der Waals surface area contributed by atoms with Crippen LogP contribution in [-0.2, 0) is 17.6 Å². The number of anilines is 2. The van der Waals surface area contributed by atoms with Gasteiger partial charge in [0.2, 0.25) is 5.91 Å². The van der Waals surface area contributed by atoms with Gasteiger partial charge in [0.15, 0.2) is 5.82 Å². The minimum absolute atomic E-state index is 0.0568. The predicted molar refractivity (Wildman–Crippen MR) is 116 cm³/mol. The third kappa shape index (κ3) is 3.83. The molecular formula is C21H24BN5O. The van der Waals surface area contributed by atoms with Crippen LogP contribution in [0.2, 0.25) is 0 Å². The van der Waals surface area contributed by atoms with Gasteiger partial charge in [-0.3, -0.25) is 9.79 Å². The summed E-state index contributed by atoms with van der Waals surface area (Å²) in [5.41, 5.74) is 4.98. The first-order chi connectivity index (χ1) is 13.6. The summed E-state index contributed by atoms with van der Waals surface area (Å²) in [5.74, 6) is 1.45. The van der Waals surface area contributed by atoms with Crippen LogP contribution in [0.4, 0.5) is 11.5 Å². The maximum Gasteiger partial charge on any atom is 0.243 e. The third-order valence-electron chi connectivity index (χ3n) is 5.16. The van der Waals surface area contributed by atoms with Crippen LogP contribution in [0.25, 0.3) is 0 Å². The number of fused-ring (bicyclic) bond motifs is 1. The fourth-order valence-corrected chi connectivity index (χ4v) is 3.69. The number of para-hydroxylation sites is 1. The summed E-state index contributed by atoms with van der Waals surface area (Å²) in [6, 6.07) is 7.79. The molecule has 6 nitrogen and oxygen atoms in total. The fraction of sp³-hybridized carbons (Fsp3) is 0.333. The first-order valence-corrected chi connectivity index (χ1v) is 9.79. The quantitative estimate of drug-likeness (QED) is 0.796. The number of benzene rings is 1. The van der Waals surface area contributed by atoms with Crippen LogP contribution in [0.15, 0.2) is 41.4 Å². The molecule has 0 radical (unpaired) electrons. The van der Waals surface area contributed by atoms with Crippen molar-refractivity contribution in [2.75, 3.05) is 30.4 Å². The predicted octanol–water partition coefficient (Wildman–Crippen LogP) is 1.05. The van der Waals surface area contributed by atoms with Gasteiger partial charge in [-0.1, -0.05) is 29.7 Å². The van der Waals surface area contributed by atoms with Gasteiger partial charge in [-0.05, 0) is 37.8 Å². The molecule has 2 heterocycles. The minimum atomic E-state index is -0.0568. The van der Waals surface area contributed by atoms with Crippen LogP contribution < -0.4 is 15.7 Å². The lowest BCUT2D eigenvalue weighted by molar-refractivity contribution is -0.114. The third-order valence-corrected chi connectivity index (χ3v) is 5.16. The zero-order valence-electron chi connectivity index (χ0n) is 16.4. The second-order valence-electron chi connectivity index (χ2n) is 7.33. The van der Waals surface area contributed by atoms with Crippen LogP contribution in [0, 0.1) is 0 Å². The topological polar surface area (TPSA) is 70.5 Å². The van der Waals surface area contributed by atoms with Gasteiger partial charge >= 0.3 is 0 Å². The Bertz CT molecular complexity index is 969. The molecular weight excluding hydrogens is 349 g/mol. The van der Waals surface area contributed by atoms with Gasteiger partial charge < -0.3 is 10.2 Å². The molecule has 1 N–H and O–H groups in total. The highest BCUT2D eigenvalue weighted by molar-refractivity contribution is 6.36. The number of aliphatic imine (C=N–C) groups is 1. The Balaban J connectivity index is 1.56. The summed E-state index contributed by atoms with van der Waals surface area (Å²) in [5, 5.41) is 3.00. The lowest BCUT2D eigenvalue weighted by Gasteiger charge is -2.22. The monoisotopic (exact) mass is 373 g/mol. The highest BCUT2D eigenvalue weighted by Gasteiger charge is 2.24. The number of amides is 1. The number of likely N-dealkylation sites (N-methyl/N-ethyl adjacent to an activating group) is 1. The molecule has 0 atom stereocenters. The SMILES string of the molecule is Bc1ccccc1NC(=O)CN(C)c1nc(C2=NCCC=C2)nc2c1CCC2. The Labute approximate surface area is 166 Å². The number of carbonyl (C=O) groups excluding carboxylic acids is 1. The van der Waals surface area contributed by atoms with Crippen LogP contribution in [-0.4, -0.2) is 49.6 Å². The molecule has 0 bridgehead atoms. The zero-order valence-corrected chi connectivity index (χ0v) is 16.4. The number of hydrogen-bond acceptors (Lipinski definition) is 5. The molecule has 28 heavy (non-hydrogen) atoms. The van der Waals surface area contributed by atoms with E-state index in [1.54, 1.807) is 0 Å². The molecule has 142 valence electrons. The summed E-state index contributed by atoms with van der Waals surface area (Å²) < 4.78 is 0. The van der Waals surface area contributed by atoms with Crippen molar-refractivity contribution in [2.45, 2.75) is 25.7 Å². The van der Waals surface area contributed by atoms with Crippen LogP contribution in [0.3, 0.4) is 0 Å². The number of aryl methyl sites for hydroxylation is 1. The number of hydrogen-bond donors (Lipinski definition) is 1. The Kier molecular flexibility index (Phi) is 5.24. The molecule has 1 aromatic heterocycles. The van der Waals surface area contributed by atoms with Gasteiger partial charge in [-0.15, -0.1) is 0 Å². The van der Waals surface area contributed by atoms with E-state index in [1.165, 1.54) is 0 Å². The Hall–Kier alpha value is -2.96. The zero-order chi connectivity index (χ0) is 19.5. The van der Waals surface area contributed by atoms with Crippen molar-refractivity contribution in [1.82, 2.24) is 9.97 Å². The smallest absolute Gasteiger partial charge is 0.243 e. The summed E-state index contributed by atoms with van der Waals surface area (Å²) >= 11 is 0. The maximum atomic E-state index is 12.6. The van der Waals surface area contributed by atoms with Gasteiger partial charge in [-0.25, -0.2) is 9.97 Å². The van der Waals surface area contributed by atoms with E-state index in [4.69, 9.17) is 9.97 Å². The molecule has 4 rings (SSSR count). The molecule has 0 unspecified atom stereocenters. The summed E-state index contributed by atoms with van der Waals surface area (Å²) in [7, 11) is 3.90. The highest BCUT2D eigenvalue weighted by atomic mass is 16.2. The largest absolute Gasteiger partial charge is 0.350 e. The van der Waals surface area contributed by atoms with Gasteiger partial charge in [0, 0.05) is 30.5 Å². The highest BCUT2D eigenvalue weighted by Crippen LogP contribution is 2.28. The second-order valence-corrected chi connectivity index (χ2v) is 7.33.